The number of piperidine rings is 1. The lowest BCUT2D eigenvalue weighted by atomic mass is 9.93. The van der Waals surface area contributed by atoms with Gasteiger partial charge in [0.15, 0.2) is 0 Å². The Morgan fingerprint density at radius 3 is 2.67 bits per heavy atom. The third-order valence-electron chi connectivity index (χ3n) is 3.57. The SMILES string of the molecule is CC1OC1CC1CCCN(C(=O)OC(C)(C)C)C1. The van der Waals surface area contributed by atoms with Crippen LogP contribution in [0.25, 0.3) is 0 Å². The van der Waals surface area contributed by atoms with Gasteiger partial charge in [0.2, 0.25) is 0 Å². The number of carbonyl (C=O) groups excluding carboxylic acids is 1. The van der Waals surface area contributed by atoms with E-state index in [1.807, 2.05) is 25.7 Å². The van der Waals surface area contributed by atoms with E-state index in [0.29, 0.717) is 18.1 Å². The molecule has 2 aliphatic rings. The Kier molecular flexibility index (Phi) is 3.85. The van der Waals surface area contributed by atoms with Gasteiger partial charge in [-0.05, 0) is 52.9 Å². The molecule has 2 fully saturated rings. The molecule has 2 saturated heterocycles. The maximum absolute atomic E-state index is 12.0. The Morgan fingerprint density at radius 2 is 2.11 bits per heavy atom. The summed E-state index contributed by atoms with van der Waals surface area (Å²) in [7, 11) is 0. The molecule has 3 atom stereocenters. The van der Waals surface area contributed by atoms with Crippen LogP contribution in [-0.4, -0.2) is 41.9 Å². The predicted molar refractivity (Wildman–Crippen MR) is 69.5 cm³/mol. The summed E-state index contributed by atoms with van der Waals surface area (Å²) in [5.41, 5.74) is -0.405. The largest absolute Gasteiger partial charge is 0.444 e. The molecule has 4 heteroatoms. The van der Waals surface area contributed by atoms with Gasteiger partial charge in [0.1, 0.15) is 5.60 Å². The molecular formula is C14H25NO3. The van der Waals surface area contributed by atoms with E-state index in [2.05, 4.69) is 6.92 Å². The highest BCUT2D eigenvalue weighted by molar-refractivity contribution is 5.68. The first-order chi connectivity index (χ1) is 8.35. The van der Waals surface area contributed by atoms with Crippen LogP contribution in [0.2, 0.25) is 0 Å². The second-order valence-electron chi connectivity index (χ2n) is 6.55. The van der Waals surface area contributed by atoms with E-state index in [9.17, 15) is 4.79 Å². The van der Waals surface area contributed by atoms with E-state index in [1.165, 1.54) is 6.42 Å². The minimum absolute atomic E-state index is 0.169. The summed E-state index contributed by atoms with van der Waals surface area (Å²) in [6.07, 6.45) is 4.03. The Bertz CT molecular complexity index is 311. The number of rotatable bonds is 2. The Morgan fingerprint density at radius 1 is 1.44 bits per heavy atom. The first kappa shape index (κ1) is 13.7. The molecular weight excluding hydrogens is 230 g/mol. The van der Waals surface area contributed by atoms with Gasteiger partial charge in [-0.25, -0.2) is 4.79 Å². The second kappa shape index (κ2) is 5.08. The molecule has 18 heavy (non-hydrogen) atoms. The minimum atomic E-state index is -0.405. The zero-order chi connectivity index (χ0) is 13.3. The number of ether oxygens (including phenoxy) is 2. The highest BCUT2D eigenvalue weighted by Gasteiger charge is 2.38. The molecule has 104 valence electrons. The Labute approximate surface area is 110 Å². The van der Waals surface area contributed by atoms with Crippen LogP contribution in [0, 0.1) is 5.92 Å². The van der Waals surface area contributed by atoms with Crippen LogP contribution in [0.15, 0.2) is 0 Å². The third-order valence-corrected chi connectivity index (χ3v) is 3.57. The molecule has 0 aromatic carbocycles. The average Bonchev–Trinajstić information content (AvgIpc) is 2.92. The fourth-order valence-electron chi connectivity index (χ4n) is 2.56. The van der Waals surface area contributed by atoms with Crippen molar-refractivity contribution in [2.75, 3.05) is 13.1 Å². The van der Waals surface area contributed by atoms with Gasteiger partial charge in [-0.1, -0.05) is 0 Å². The molecule has 0 radical (unpaired) electrons. The molecule has 2 heterocycles. The maximum atomic E-state index is 12.0. The zero-order valence-corrected chi connectivity index (χ0v) is 11.9. The van der Waals surface area contributed by atoms with Crippen LogP contribution in [0.5, 0.6) is 0 Å². The molecule has 0 aliphatic carbocycles. The summed E-state index contributed by atoms with van der Waals surface area (Å²) in [5.74, 6) is 0.571. The molecule has 0 spiro atoms. The van der Waals surface area contributed by atoms with Gasteiger partial charge < -0.3 is 14.4 Å². The summed E-state index contributed by atoms with van der Waals surface area (Å²) in [6.45, 7) is 9.48. The molecule has 0 saturated carbocycles. The Balaban J connectivity index is 1.80. The van der Waals surface area contributed by atoms with E-state index in [-0.39, 0.29) is 6.09 Å². The number of amides is 1. The van der Waals surface area contributed by atoms with E-state index < -0.39 is 5.60 Å². The van der Waals surface area contributed by atoms with Crippen molar-refractivity contribution in [3.8, 4) is 0 Å². The topological polar surface area (TPSA) is 42.1 Å². The second-order valence-corrected chi connectivity index (χ2v) is 6.55. The van der Waals surface area contributed by atoms with Crippen LogP contribution in [0.4, 0.5) is 4.79 Å². The fourth-order valence-corrected chi connectivity index (χ4v) is 2.56. The molecule has 0 N–H and O–H groups in total. The maximum Gasteiger partial charge on any atom is 0.410 e. The van der Waals surface area contributed by atoms with E-state index in [1.54, 1.807) is 0 Å². The summed E-state index contributed by atoms with van der Waals surface area (Å²) in [6, 6.07) is 0. The van der Waals surface area contributed by atoms with Crippen molar-refractivity contribution >= 4 is 6.09 Å². The molecule has 1 amide bonds. The Hall–Kier alpha value is -0.770. The monoisotopic (exact) mass is 255 g/mol. The number of epoxide rings is 1. The van der Waals surface area contributed by atoms with Gasteiger partial charge in [-0.15, -0.1) is 0 Å². The molecule has 2 aliphatic heterocycles. The number of hydrogen-bond donors (Lipinski definition) is 0. The predicted octanol–water partition coefficient (Wildman–Crippen LogP) is 2.81. The normalized spacial score (nSPS) is 32.2. The van der Waals surface area contributed by atoms with Crippen LogP contribution in [-0.2, 0) is 9.47 Å². The highest BCUT2D eigenvalue weighted by Crippen LogP contribution is 2.32. The quantitative estimate of drug-likeness (QED) is 0.712. The van der Waals surface area contributed by atoms with Gasteiger partial charge in [-0.2, -0.15) is 0 Å². The van der Waals surface area contributed by atoms with Crippen LogP contribution in [0.1, 0.15) is 47.0 Å². The van der Waals surface area contributed by atoms with Crippen LogP contribution < -0.4 is 0 Å². The average molecular weight is 255 g/mol. The number of carbonyl (C=O) groups is 1. The molecule has 3 unspecified atom stereocenters. The van der Waals surface area contributed by atoms with E-state index in [4.69, 9.17) is 9.47 Å². The number of hydrogen-bond acceptors (Lipinski definition) is 3. The van der Waals surface area contributed by atoms with Crippen molar-refractivity contribution in [2.45, 2.75) is 64.8 Å². The molecule has 0 aromatic rings. The van der Waals surface area contributed by atoms with Crippen molar-refractivity contribution in [2.24, 2.45) is 5.92 Å². The number of nitrogens with zero attached hydrogens (tertiary/aromatic N) is 1. The lowest BCUT2D eigenvalue weighted by Gasteiger charge is -2.34. The van der Waals surface area contributed by atoms with Gasteiger partial charge in [-0.3, -0.25) is 0 Å². The summed E-state index contributed by atoms with van der Waals surface area (Å²) < 4.78 is 10.9. The smallest absolute Gasteiger partial charge is 0.410 e. The first-order valence-electron chi connectivity index (χ1n) is 6.98. The van der Waals surface area contributed by atoms with Gasteiger partial charge in [0, 0.05) is 13.1 Å². The fraction of sp³-hybridized carbons (Fsp3) is 0.929. The molecule has 0 aromatic heterocycles. The minimum Gasteiger partial charge on any atom is -0.444 e. The molecule has 2 rings (SSSR count). The van der Waals surface area contributed by atoms with Gasteiger partial charge in [0.25, 0.3) is 0 Å². The van der Waals surface area contributed by atoms with E-state index in [0.717, 1.165) is 25.9 Å². The zero-order valence-electron chi connectivity index (χ0n) is 11.9. The summed E-state index contributed by atoms with van der Waals surface area (Å²) in [4.78, 5) is 13.9. The van der Waals surface area contributed by atoms with Crippen molar-refractivity contribution < 1.29 is 14.3 Å². The highest BCUT2D eigenvalue weighted by atomic mass is 16.6. The summed E-state index contributed by atoms with van der Waals surface area (Å²) in [5, 5.41) is 0. The summed E-state index contributed by atoms with van der Waals surface area (Å²) >= 11 is 0. The molecule has 4 nitrogen and oxygen atoms in total. The number of likely N-dealkylation sites (tertiary alicyclic amines) is 1. The van der Waals surface area contributed by atoms with Crippen LogP contribution >= 0.6 is 0 Å². The van der Waals surface area contributed by atoms with Gasteiger partial charge in [0.05, 0.1) is 12.2 Å². The lowest BCUT2D eigenvalue weighted by molar-refractivity contribution is 0.0157. The first-order valence-corrected chi connectivity index (χ1v) is 6.98. The van der Waals surface area contributed by atoms with E-state index >= 15 is 0 Å². The van der Waals surface area contributed by atoms with Crippen molar-refractivity contribution in [3.05, 3.63) is 0 Å². The third kappa shape index (κ3) is 3.87. The van der Waals surface area contributed by atoms with Gasteiger partial charge >= 0.3 is 6.09 Å². The van der Waals surface area contributed by atoms with Crippen LogP contribution in [0.3, 0.4) is 0 Å². The molecule has 0 bridgehead atoms. The van der Waals surface area contributed by atoms with Crippen molar-refractivity contribution in [1.82, 2.24) is 4.90 Å². The lowest BCUT2D eigenvalue weighted by Crippen LogP contribution is -2.43. The van der Waals surface area contributed by atoms with Crippen molar-refractivity contribution in [3.63, 3.8) is 0 Å². The standard InChI is InChI=1S/C14H25NO3/c1-10-12(17-10)8-11-6-5-7-15(9-11)13(16)18-14(2,3)4/h10-12H,5-9H2,1-4H3. The van der Waals surface area contributed by atoms with Crippen molar-refractivity contribution in [1.29, 1.82) is 0 Å².